The van der Waals surface area contributed by atoms with Gasteiger partial charge in [-0.1, -0.05) is 16.9 Å². The number of hydrogen-bond donors (Lipinski definition) is 2. The van der Waals surface area contributed by atoms with Gasteiger partial charge in [-0.2, -0.15) is 4.98 Å². The Kier molecular flexibility index (Phi) is 3.48. The number of aromatic amines is 1. The van der Waals surface area contributed by atoms with Crippen LogP contribution in [0.15, 0.2) is 26.7 Å². The molecule has 18 heavy (non-hydrogen) atoms. The topological polar surface area (TPSA) is 111 Å². The van der Waals surface area contributed by atoms with E-state index in [1.807, 2.05) is 0 Å². The Balaban J connectivity index is 2.03. The van der Waals surface area contributed by atoms with E-state index in [1.165, 1.54) is 24.0 Å². The number of aromatic nitrogens is 4. The molecule has 0 aliphatic heterocycles. The number of rotatable bonds is 4. The Morgan fingerprint density at radius 2 is 2.33 bits per heavy atom. The molecule has 0 amide bonds. The molecule has 3 N–H and O–H groups in total. The number of H-pyrrole nitrogens is 1. The highest BCUT2D eigenvalue weighted by Crippen LogP contribution is 2.19. The number of nitrogens with two attached hydrogens (primary N) is 1. The van der Waals surface area contributed by atoms with Gasteiger partial charge in [0.05, 0.1) is 11.3 Å². The Morgan fingerprint density at radius 1 is 1.56 bits per heavy atom. The van der Waals surface area contributed by atoms with E-state index in [0.29, 0.717) is 22.6 Å². The second kappa shape index (κ2) is 4.91. The van der Waals surface area contributed by atoms with Crippen molar-refractivity contribution in [2.75, 3.05) is 0 Å². The molecule has 96 valence electrons. The van der Waals surface area contributed by atoms with E-state index >= 15 is 0 Å². The first-order valence-electron chi connectivity index (χ1n) is 5.25. The van der Waals surface area contributed by atoms with Crippen molar-refractivity contribution >= 4 is 11.8 Å². The van der Waals surface area contributed by atoms with Crippen molar-refractivity contribution in [1.29, 1.82) is 0 Å². The Labute approximate surface area is 107 Å². The van der Waals surface area contributed by atoms with Gasteiger partial charge in [-0.05, 0) is 13.8 Å². The van der Waals surface area contributed by atoms with Crippen molar-refractivity contribution < 1.29 is 4.52 Å². The van der Waals surface area contributed by atoms with Crippen LogP contribution in [0.2, 0.25) is 0 Å². The first-order chi connectivity index (χ1) is 8.45. The minimum atomic E-state index is -0.633. The van der Waals surface area contributed by atoms with Crippen molar-refractivity contribution in [2.24, 2.45) is 5.73 Å². The van der Waals surface area contributed by atoms with Crippen LogP contribution in [-0.4, -0.2) is 20.1 Å². The molecule has 2 heterocycles. The van der Waals surface area contributed by atoms with Gasteiger partial charge in [-0.15, -0.1) is 0 Å². The molecule has 2 aromatic rings. The summed E-state index contributed by atoms with van der Waals surface area (Å²) >= 11 is 1.31. The lowest BCUT2D eigenvalue weighted by atomic mass is 10.1. The number of nitrogens with zero attached hydrogens (tertiary/aromatic N) is 3. The van der Waals surface area contributed by atoms with Gasteiger partial charge in [0.1, 0.15) is 0 Å². The molecule has 0 fully saturated rings. The second-order valence-corrected chi connectivity index (χ2v) is 5.23. The third-order valence-electron chi connectivity index (χ3n) is 2.02. The molecule has 0 saturated carbocycles. The van der Waals surface area contributed by atoms with Crippen molar-refractivity contribution in [3.05, 3.63) is 34.3 Å². The summed E-state index contributed by atoms with van der Waals surface area (Å²) in [6.07, 6.45) is 1.45. The third-order valence-corrected chi connectivity index (χ3v) is 2.90. The van der Waals surface area contributed by atoms with Crippen molar-refractivity contribution in [3.8, 4) is 0 Å². The SMILES string of the molecule is CC(C)(N)c1noc(CSc2nccc(=O)[nH]2)n1. The van der Waals surface area contributed by atoms with Crippen molar-refractivity contribution in [3.63, 3.8) is 0 Å². The summed E-state index contributed by atoms with van der Waals surface area (Å²) < 4.78 is 5.06. The molecule has 0 aliphatic rings. The summed E-state index contributed by atoms with van der Waals surface area (Å²) in [5.74, 6) is 1.32. The van der Waals surface area contributed by atoms with Crippen LogP contribution in [0.25, 0.3) is 0 Å². The van der Waals surface area contributed by atoms with E-state index in [-0.39, 0.29) is 5.56 Å². The van der Waals surface area contributed by atoms with Crippen LogP contribution < -0.4 is 11.3 Å². The lowest BCUT2D eigenvalue weighted by Crippen LogP contribution is -2.30. The number of thioether (sulfide) groups is 1. The van der Waals surface area contributed by atoms with Crippen molar-refractivity contribution in [1.82, 2.24) is 20.1 Å². The summed E-state index contributed by atoms with van der Waals surface area (Å²) in [6.45, 7) is 3.59. The zero-order valence-corrected chi connectivity index (χ0v) is 10.8. The van der Waals surface area contributed by atoms with Crippen LogP contribution in [0, 0.1) is 0 Å². The summed E-state index contributed by atoms with van der Waals surface area (Å²) in [5.41, 5.74) is 5.02. The highest BCUT2D eigenvalue weighted by atomic mass is 32.2. The van der Waals surface area contributed by atoms with Crippen LogP contribution in [0.5, 0.6) is 0 Å². The first-order valence-corrected chi connectivity index (χ1v) is 6.24. The smallest absolute Gasteiger partial charge is 0.251 e. The van der Waals surface area contributed by atoms with Gasteiger partial charge in [0.25, 0.3) is 5.56 Å². The van der Waals surface area contributed by atoms with Crippen molar-refractivity contribution in [2.45, 2.75) is 30.3 Å². The van der Waals surface area contributed by atoms with Crippen LogP contribution in [-0.2, 0) is 11.3 Å². The van der Waals surface area contributed by atoms with Crippen LogP contribution in [0.4, 0.5) is 0 Å². The molecule has 7 nitrogen and oxygen atoms in total. The van der Waals surface area contributed by atoms with Crippen LogP contribution in [0.3, 0.4) is 0 Å². The van der Waals surface area contributed by atoms with E-state index in [2.05, 4.69) is 20.1 Å². The second-order valence-electron chi connectivity index (χ2n) is 4.26. The highest BCUT2D eigenvalue weighted by Gasteiger charge is 2.21. The highest BCUT2D eigenvalue weighted by molar-refractivity contribution is 7.98. The van der Waals surface area contributed by atoms with Gasteiger partial charge in [-0.3, -0.25) is 4.79 Å². The Hall–Kier alpha value is -1.67. The standard InChI is InChI=1S/C10H13N5O2S/c1-10(2,11)8-14-7(17-15-8)5-18-9-12-4-3-6(16)13-9/h3-4H,5,11H2,1-2H3,(H,12,13,16). The maximum atomic E-state index is 11.1. The zero-order chi connectivity index (χ0) is 13.2. The minimum absolute atomic E-state index is 0.193. The van der Waals surface area contributed by atoms with Crippen LogP contribution in [0.1, 0.15) is 25.6 Å². The Bertz CT molecular complexity index is 586. The van der Waals surface area contributed by atoms with E-state index in [1.54, 1.807) is 13.8 Å². The minimum Gasteiger partial charge on any atom is -0.338 e. The number of hydrogen-bond acceptors (Lipinski definition) is 7. The molecule has 0 saturated heterocycles. The average Bonchev–Trinajstić information content (AvgIpc) is 2.74. The van der Waals surface area contributed by atoms with Gasteiger partial charge in [0.15, 0.2) is 11.0 Å². The van der Waals surface area contributed by atoms with Gasteiger partial charge >= 0.3 is 0 Å². The summed E-state index contributed by atoms with van der Waals surface area (Å²) in [6, 6.07) is 1.35. The summed E-state index contributed by atoms with van der Waals surface area (Å²) in [5, 5.41) is 4.31. The Morgan fingerprint density at radius 3 is 2.94 bits per heavy atom. The zero-order valence-electron chi connectivity index (χ0n) is 10.0. The molecule has 2 rings (SSSR count). The fraction of sp³-hybridized carbons (Fsp3) is 0.400. The lowest BCUT2D eigenvalue weighted by molar-refractivity contribution is 0.369. The van der Waals surface area contributed by atoms with E-state index in [4.69, 9.17) is 10.3 Å². The summed E-state index contributed by atoms with van der Waals surface area (Å²) in [7, 11) is 0. The fourth-order valence-corrected chi connectivity index (χ4v) is 1.82. The third kappa shape index (κ3) is 3.17. The average molecular weight is 267 g/mol. The number of nitrogens with one attached hydrogen (secondary N) is 1. The lowest BCUT2D eigenvalue weighted by Gasteiger charge is -2.11. The molecule has 0 unspecified atom stereocenters. The molecule has 0 aliphatic carbocycles. The maximum absolute atomic E-state index is 11.1. The van der Waals surface area contributed by atoms with Gasteiger partial charge in [-0.25, -0.2) is 4.98 Å². The molecule has 0 bridgehead atoms. The quantitative estimate of drug-likeness (QED) is 0.617. The monoisotopic (exact) mass is 267 g/mol. The van der Waals surface area contributed by atoms with E-state index in [9.17, 15) is 4.79 Å². The summed E-state index contributed by atoms with van der Waals surface area (Å²) in [4.78, 5) is 21.8. The molecular formula is C10H13N5O2S. The largest absolute Gasteiger partial charge is 0.338 e. The predicted molar refractivity (Wildman–Crippen MR) is 65.9 cm³/mol. The van der Waals surface area contributed by atoms with Crippen LogP contribution >= 0.6 is 11.8 Å². The van der Waals surface area contributed by atoms with Gasteiger partial charge in [0.2, 0.25) is 5.89 Å². The molecule has 2 aromatic heterocycles. The van der Waals surface area contributed by atoms with Gasteiger partial charge in [0, 0.05) is 12.3 Å². The van der Waals surface area contributed by atoms with E-state index < -0.39 is 5.54 Å². The maximum Gasteiger partial charge on any atom is 0.251 e. The molecular weight excluding hydrogens is 254 g/mol. The normalized spacial score (nSPS) is 11.7. The molecule has 0 aromatic carbocycles. The molecule has 0 radical (unpaired) electrons. The predicted octanol–water partition coefficient (Wildman–Crippen LogP) is 0.639. The molecule has 0 spiro atoms. The first kappa shape index (κ1) is 12.8. The molecule has 8 heteroatoms. The molecule has 0 atom stereocenters. The van der Waals surface area contributed by atoms with Gasteiger partial charge < -0.3 is 15.2 Å². The fourth-order valence-electron chi connectivity index (χ4n) is 1.13. The van der Waals surface area contributed by atoms with E-state index in [0.717, 1.165) is 0 Å².